The molecule has 0 aliphatic rings. The maximum absolute atomic E-state index is 11.1. The number of aromatic carboxylic acids is 1. The van der Waals surface area contributed by atoms with Crippen LogP contribution in [0.4, 0.5) is 0 Å². The summed E-state index contributed by atoms with van der Waals surface area (Å²) in [6.45, 7) is 0.512. The predicted octanol–water partition coefficient (Wildman–Crippen LogP) is 1.01. The van der Waals surface area contributed by atoms with Gasteiger partial charge in [-0.05, 0) is 17.9 Å². The van der Waals surface area contributed by atoms with Crippen LogP contribution in [0.15, 0.2) is 17.5 Å². The van der Waals surface area contributed by atoms with Crippen LogP contribution < -0.4 is 0 Å². The minimum absolute atomic E-state index is 0.0126. The van der Waals surface area contributed by atoms with E-state index in [9.17, 15) is 4.79 Å². The molecule has 0 fully saturated rings. The molecule has 2 heterocycles. The molecule has 0 aliphatic heterocycles. The quantitative estimate of drug-likeness (QED) is 0.815. The van der Waals surface area contributed by atoms with Gasteiger partial charge in [-0.1, -0.05) is 11.3 Å². The number of thiophene rings is 1. The Morgan fingerprint density at radius 2 is 2.33 bits per heavy atom. The molecule has 0 unspecified atom stereocenters. The smallest absolute Gasteiger partial charge is 0.358 e. The molecule has 0 spiro atoms. The van der Waals surface area contributed by atoms with Gasteiger partial charge in [-0.15, -0.1) is 16.4 Å². The average molecular weight is 267 g/mol. The van der Waals surface area contributed by atoms with Crippen molar-refractivity contribution >= 4 is 17.3 Å². The lowest BCUT2D eigenvalue weighted by Gasteiger charge is -2.04. The zero-order chi connectivity index (χ0) is 13.0. The Kier molecular flexibility index (Phi) is 4.06. The van der Waals surface area contributed by atoms with Crippen LogP contribution in [-0.2, 0) is 13.0 Å². The minimum Gasteiger partial charge on any atom is -0.476 e. The van der Waals surface area contributed by atoms with Crippen LogP contribution in [0.3, 0.4) is 0 Å². The summed E-state index contributed by atoms with van der Waals surface area (Å²) in [7, 11) is 0. The topological polar surface area (TPSA) is 88.2 Å². The third-order valence-electron chi connectivity index (χ3n) is 2.49. The van der Waals surface area contributed by atoms with Gasteiger partial charge in [0.25, 0.3) is 0 Å². The summed E-state index contributed by atoms with van der Waals surface area (Å²) in [6, 6.07) is 3.86. The van der Waals surface area contributed by atoms with Crippen LogP contribution in [0.2, 0.25) is 0 Å². The van der Waals surface area contributed by atoms with E-state index in [1.807, 2.05) is 17.5 Å². The lowest BCUT2D eigenvalue weighted by Crippen LogP contribution is -2.09. The Hall–Kier alpha value is -1.73. The van der Waals surface area contributed by atoms with Crippen molar-refractivity contribution in [3.63, 3.8) is 0 Å². The van der Waals surface area contributed by atoms with Gasteiger partial charge < -0.3 is 10.2 Å². The lowest BCUT2D eigenvalue weighted by molar-refractivity contribution is 0.0689. The maximum atomic E-state index is 11.1. The monoisotopic (exact) mass is 267 g/mol. The number of aliphatic hydroxyl groups is 1. The van der Waals surface area contributed by atoms with E-state index in [1.165, 1.54) is 0 Å². The summed E-state index contributed by atoms with van der Waals surface area (Å²) in [5.41, 5.74) is 0.569. The standard InChI is InChI=1S/C11H13N3O3S/c15-5-2-4-14-9(7-8-3-1-6-18-8)10(11(16)17)12-13-14/h1,3,6,15H,2,4-5,7H2,(H,16,17). The van der Waals surface area contributed by atoms with Crippen molar-refractivity contribution in [1.82, 2.24) is 15.0 Å². The van der Waals surface area contributed by atoms with Crippen molar-refractivity contribution in [1.29, 1.82) is 0 Å². The number of aliphatic hydroxyl groups excluding tert-OH is 1. The second kappa shape index (κ2) is 5.74. The molecule has 0 aromatic carbocycles. The lowest BCUT2D eigenvalue weighted by atomic mass is 10.2. The molecule has 7 heteroatoms. The van der Waals surface area contributed by atoms with Gasteiger partial charge in [0, 0.05) is 24.4 Å². The third-order valence-corrected chi connectivity index (χ3v) is 3.37. The van der Waals surface area contributed by atoms with Crippen molar-refractivity contribution in [3.05, 3.63) is 33.8 Å². The van der Waals surface area contributed by atoms with E-state index in [1.54, 1.807) is 16.0 Å². The Bertz CT molecular complexity index is 522. The second-order valence-corrected chi connectivity index (χ2v) is 4.78. The normalized spacial score (nSPS) is 10.7. The number of aryl methyl sites for hydroxylation is 1. The number of rotatable bonds is 6. The van der Waals surface area contributed by atoms with Gasteiger partial charge in [0.1, 0.15) is 0 Å². The van der Waals surface area contributed by atoms with E-state index < -0.39 is 5.97 Å². The van der Waals surface area contributed by atoms with Crippen LogP contribution in [0.1, 0.15) is 27.5 Å². The van der Waals surface area contributed by atoms with E-state index in [-0.39, 0.29) is 12.3 Å². The highest BCUT2D eigenvalue weighted by atomic mass is 32.1. The van der Waals surface area contributed by atoms with Gasteiger partial charge >= 0.3 is 5.97 Å². The molecule has 0 amide bonds. The number of hydrogen-bond acceptors (Lipinski definition) is 5. The molecule has 0 bridgehead atoms. The highest BCUT2D eigenvalue weighted by molar-refractivity contribution is 7.09. The minimum atomic E-state index is -1.07. The highest BCUT2D eigenvalue weighted by Crippen LogP contribution is 2.17. The van der Waals surface area contributed by atoms with Crippen molar-refractivity contribution < 1.29 is 15.0 Å². The van der Waals surface area contributed by atoms with Crippen LogP contribution in [0.25, 0.3) is 0 Å². The van der Waals surface area contributed by atoms with Crippen molar-refractivity contribution in [3.8, 4) is 0 Å². The SMILES string of the molecule is O=C(O)c1nnn(CCCO)c1Cc1cccs1. The van der Waals surface area contributed by atoms with Gasteiger partial charge in [-0.25, -0.2) is 9.48 Å². The average Bonchev–Trinajstić information content (AvgIpc) is 2.97. The summed E-state index contributed by atoms with van der Waals surface area (Å²) in [5, 5.41) is 27.3. The first-order chi connectivity index (χ1) is 8.72. The number of carbonyl (C=O) groups is 1. The molecule has 18 heavy (non-hydrogen) atoms. The zero-order valence-corrected chi connectivity index (χ0v) is 10.4. The first kappa shape index (κ1) is 12.7. The molecule has 0 radical (unpaired) electrons. The number of carboxylic acid groups (broad SMARTS) is 1. The molecule has 0 saturated heterocycles. The summed E-state index contributed by atoms with van der Waals surface area (Å²) in [4.78, 5) is 12.1. The van der Waals surface area contributed by atoms with Crippen LogP contribution in [-0.4, -0.2) is 37.8 Å². The van der Waals surface area contributed by atoms with E-state index in [0.717, 1.165) is 4.88 Å². The molecule has 96 valence electrons. The zero-order valence-electron chi connectivity index (χ0n) is 9.61. The molecule has 2 aromatic rings. The maximum Gasteiger partial charge on any atom is 0.358 e. The van der Waals surface area contributed by atoms with E-state index >= 15 is 0 Å². The van der Waals surface area contributed by atoms with E-state index in [2.05, 4.69) is 10.3 Å². The molecule has 2 N–H and O–H groups in total. The number of nitrogens with zero attached hydrogens (tertiary/aromatic N) is 3. The van der Waals surface area contributed by atoms with Gasteiger partial charge in [0.05, 0.1) is 5.69 Å². The molecule has 2 rings (SSSR count). The summed E-state index contributed by atoms with van der Waals surface area (Å²) in [6.07, 6.45) is 1.03. The number of hydrogen-bond donors (Lipinski definition) is 2. The second-order valence-electron chi connectivity index (χ2n) is 3.75. The fourth-order valence-corrected chi connectivity index (χ4v) is 2.36. The Balaban J connectivity index is 2.28. The van der Waals surface area contributed by atoms with E-state index in [0.29, 0.717) is 25.1 Å². The molecule has 6 nitrogen and oxygen atoms in total. The number of aromatic nitrogens is 3. The Labute approximate surface area is 107 Å². The predicted molar refractivity (Wildman–Crippen MR) is 65.8 cm³/mol. The largest absolute Gasteiger partial charge is 0.476 e. The van der Waals surface area contributed by atoms with Crippen molar-refractivity contribution in [2.24, 2.45) is 0 Å². The Morgan fingerprint density at radius 1 is 1.50 bits per heavy atom. The Morgan fingerprint density at radius 3 is 2.94 bits per heavy atom. The fraction of sp³-hybridized carbons (Fsp3) is 0.364. The van der Waals surface area contributed by atoms with Crippen molar-refractivity contribution in [2.45, 2.75) is 19.4 Å². The number of carboxylic acids is 1. The molecule has 0 saturated carbocycles. The van der Waals surface area contributed by atoms with Gasteiger partial charge in [0.15, 0.2) is 5.69 Å². The van der Waals surface area contributed by atoms with Gasteiger partial charge in [-0.2, -0.15) is 0 Å². The van der Waals surface area contributed by atoms with Gasteiger partial charge in [0.2, 0.25) is 0 Å². The molecular weight excluding hydrogens is 254 g/mol. The van der Waals surface area contributed by atoms with Crippen LogP contribution in [0, 0.1) is 0 Å². The van der Waals surface area contributed by atoms with Crippen LogP contribution in [0.5, 0.6) is 0 Å². The molecule has 0 aliphatic carbocycles. The van der Waals surface area contributed by atoms with E-state index in [4.69, 9.17) is 10.2 Å². The molecule has 2 aromatic heterocycles. The first-order valence-corrected chi connectivity index (χ1v) is 6.39. The molecular formula is C11H13N3O3S. The third kappa shape index (κ3) is 2.74. The fourth-order valence-electron chi connectivity index (χ4n) is 1.65. The van der Waals surface area contributed by atoms with Crippen molar-refractivity contribution in [2.75, 3.05) is 6.61 Å². The molecule has 0 atom stereocenters. The highest BCUT2D eigenvalue weighted by Gasteiger charge is 2.19. The van der Waals surface area contributed by atoms with Crippen LogP contribution >= 0.6 is 11.3 Å². The summed E-state index contributed by atoms with van der Waals surface area (Å²) in [5.74, 6) is -1.07. The summed E-state index contributed by atoms with van der Waals surface area (Å²) < 4.78 is 1.55. The first-order valence-electron chi connectivity index (χ1n) is 5.51. The summed E-state index contributed by atoms with van der Waals surface area (Å²) >= 11 is 1.56. The van der Waals surface area contributed by atoms with Gasteiger partial charge in [-0.3, -0.25) is 0 Å².